The molecule has 0 fully saturated rings. The van der Waals surface area contributed by atoms with E-state index in [1.807, 2.05) is 0 Å². The van der Waals surface area contributed by atoms with Gasteiger partial charge in [0, 0.05) is 19.2 Å². The Labute approximate surface area is 108 Å². The van der Waals surface area contributed by atoms with Crippen LogP contribution in [-0.2, 0) is 10.0 Å². The number of sulfonamides is 1. The number of hydrogen-bond donors (Lipinski definition) is 2. The number of aliphatic hydroxyl groups is 1. The summed E-state index contributed by atoms with van der Waals surface area (Å²) in [7, 11) is -3.84. The van der Waals surface area contributed by atoms with Crippen molar-refractivity contribution >= 4 is 32.0 Å². The van der Waals surface area contributed by atoms with Crippen LogP contribution in [0.15, 0.2) is 10.3 Å². The Morgan fingerprint density at radius 3 is 2.61 bits per heavy atom. The van der Waals surface area contributed by atoms with Crippen LogP contribution in [0, 0.1) is 10.1 Å². The van der Waals surface area contributed by atoms with E-state index < -0.39 is 20.6 Å². The fourth-order valence-electron chi connectivity index (χ4n) is 1.33. The number of hydrogen-bond acceptors (Lipinski definition) is 7. The molecule has 0 radical (unpaired) electrons. The molecule has 0 saturated heterocycles. The van der Waals surface area contributed by atoms with Crippen molar-refractivity contribution < 1.29 is 18.4 Å². The van der Waals surface area contributed by atoms with Gasteiger partial charge in [-0.1, -0.05) is 18.3 Å². The summed E-state index contributed by atoms with van der Waals surface area (Å²) < 4.78 is 25.0. The summed E-state index contributed by atoms with van der Waals surface area (Å²) in [5, 5.41) is 19.2. The summed E-state index contributed by atoms with van der Waals surface area (Å²) in [5.41, 5.74) is 4.98. The van der Waals surface area contributed by atoms with E-state index >= 15 is 0 Å². The molecule has 18 heavy (non-hydrogen) atoms. The smallest absolute Gasteiger partial charge is 0.304 e. The lowest BCUT2D eigenvalue weighted by molar-refractivity contribution is -0.383. The first-order chi connectivity index (χ1) is 8.34. The Morgan fingerprint density at radius 2 is 2.22 bits per heavy atom. The molecule has 1 heterocycles. The maximum atomic E-state index is 12.1. The summed E-state index contributed by atoms with van der Waals surface area (Å²) in [6.45, 7) is 1.38. The number of nitrogens with two attached hydrogens (primary N) is 1. The van der Waals surface area contributed by atoms with Crippen molar-refractivity contribution in [3.05, 3.63) is 16.2 Å². The third-order valence-corrected chi connectivity index (χ3v) is 5.59. The van der Waals surface area contributed by atoms with Gasteiger partial charge in [0.2, 0.25) is 0 Å². The predicted molar refractivity (Wildman–Crippen MR) is 66.9 cm³/mol. The average Bonchev–Trinajstić information content (AvgIpc) is 2.68. The standard InChI is InChI=1S/C8H13N3O5S2/c1-2-10(3-4-12)18(15,16)7-5-6(11(13)14)8(9)17-7/h5,12H,2-4,9H2,1H3. The topological polar surface area (TPSA) is 127 Å². The second-order valence-corrected chi connectivity index (χ2v) is 6.54. The first-order valence-corrected chi connectivity index (χ1v) is 7.25. The van der Waals surface area contributed by atoms with Gasteiger partial charge in [0.25, 0.3) is 10.0 Å². The molecule has 102 valence electrons. The highest BCUT2D eigenvalue weighted by Crippen LogP contribution is 2.35. The van der Waals surface area contributed by atoms with Crippen LogP contribution >= 0.6 is 11.3 Å². The van der Waals surface area contributed by atoms with Gasteiger partial charge in [0.15, 0.2) is 5.00 Å². The minimum Gasteiger partial charge on any atom is -0.395 e. The van der Waals surface area contributed by atoms with Gasteiger partial charge >= 0.3 is 5.69 Å². The van der Waals surface area contributed by atoms with Gasteiger partial charge in [-0.25, -0.2) is 8.42 Å². The van der Waals surface area contributed by atoms with Crippen molar-refractivity contribution in [3.63, 3.8) is 0 Å². The normalized spacial score (nSPS) is 11.9. The van der Waals surface area contributed by atoms with Gasteiger partial charge in [0.1, 0.15) is 4.21 Å². The molecule has 1 aromatic rings. The van der Waals surface area contributed by atoms with E-state index in [-0.39, 0.29) is 28.9 Å². The molecule has 0 aliphatic rings. The van der Waals surface area contributed by atoms with Crippen molar-refractivity contribution in [2.24, 2.45) is 0 Å². The van der Waals surface area contributed by atoms with Crippen molar-refractivity contribution in [2.45, 2.75) is 11.1 Å². The molecule has 0 aliphatic carbocycles. The van der Waals surface area contributed by atoms with Crippen LogP contribution < -0.4 is 5.73 Å². The van der Waals surface area contributed by atoms with Crippen LogP contribution in [-0.4, -0.2) is 42.4 Å². The fraction of sp³-hybridized carbons (Fsp3) is 0.500. The van der Waals surface area contributed by atoms with Crippen molar-refractivity contribution in [1.82, 2.24) is 4.31 Å². The zero-order valence-electron chi connectivity index (χ0n) is 9.57. The summed E-state index contributed by atoms with van der Waals surface area (Å²) in [6, 6.07) is 0.940. The Balaban J connectivity index is 3.20. The van der Waals surface area contributed by atoms with E-state index in [0.717, 1.165) is 10.4 Å². The minimum absolute atomic E-state index is 0.0650. The number of anilines is 1. The average molecular weight is 295 g/mol. The lowest BCUT2D eigenvalue weighted by Crippen LogP contribution is -2.32. The van der Waals surface area contributed by atoms with Gasteiger partial charge in [0.05, 0.1) is 11.5 Å². The van der Waals surface area contributed by atoms with Crippen molar-refractivity contribution in [1.29, 1.82) is 0 Å². The van der Waals surface area contributed by atoms with Crippen LogP contribution in [0.1, 0.15) is 6.92 Å². The molecular formula is C8H13N3O5S2. The highest BCUT2D eigenvalue weighted by Gasteiger charge is 2.29. The molecule has 10 heteroatoms. The maximum absolute atomic E-state index is 12.1. The van der Waals surface area contributed by atoms with E-state index in [4.69, 9.17) is 10.8 Å². The highest BCUT2D eigenvalue weighted by atomic mass is 32.2. The second kappa shape index (κ2) is 5.61. The molecule has 1 aromatic heterocycles. The number of nitrogens with zero attached hydrogens (tertiary/aromatic N) is 2. The van der Waals surface area contributed by atoms with Gasteiger partial charge in [-0.15, -0.1) is 0 Å². The summed E-state index contributed by atoms with van der Waals surface area (Å²) in [5.74, 6) is 0. The van der Waals surface area contributed by atoms with Crippen LogP contribution in [0.5, 0.6) is 0 Å². The van der Waals surface area contributed by atoms with E-state index in [1.54, 1.807) is 6.92 Å². The van der Waals surface area contributed by atoms with Gasteiger partial charge in [-0.3, -0.25) is 10.1 Å². The fourth-order valence-corrected chi connectivity index (χ4v) is 4.14. The quantitative estimate of drug-likeness (QED) is 0.571. The Bertz CT molecular complexity index is 539. The zero-order chi connectivity index (χ0) is 13.9. The lowest BCUT2D eigenvalue weighted by atomic mass is 10.5. The van der Waals surface area contributed by atoms with Crippen molar-refractivity contribution in [3.8, 4) is 0 Å². The van der Waals surface area contributed by atoms with Crippen LogP contribution in [0.2, 0.25) is 0 Å². The molecule has 0 atom stereocenters. The maximum Gasteiger partial charge on any atom is 0.304 e. The first-order valence-electron chi connectivity index (χ1n) is 4.99. The summed E-state index contributed by atoms with van der Waals surface area (Å²) >= 11 is 0.644. The molecular weight excluding hydrogens is 282 g/mol. The van der Waals surface area contributed by atoms with E-state index in [0.29, 0.717) is 11.3 Å². The lowest BCUT2D eigenvalue weighted by Gasteiger charge is -2.17. The largest absolute Gasteiger partial charge is 0.395 e. The third kappa shape index (κ3) is 2.77. The molecule has 8 nitrogen and oxygen atoms in total. The molecule has 3 N–H and O–H groups in total. The molecule has 0 spiro atoms. The Kier molecular flexibility index (Phi) is 4.62. The molecule has 0 aromatic carbocycles. The van der Waals surface area contributed by atoms with E-state index in [2.05, 4.69) is 0 Å². The minimum atomic E-state index is -3.84. The van der Waals surface area contributed by atoms with Crippen LogP contribution in [0.3, 0.4) is 0 Å². The van der Waals surface area contributed by atoms with E-state index in [9.17, 15) is 18.5 Å². The number of aliphatic hydroxyl groups excluding tert-OH is 1. The predicted octanol–water partition coefficient (Wildman–Crippen LogP) is 0.241. The molecule has 1 rings (SSSR count). The van der Waals surface area contributed by atoms with E-state index in [1.165, 1.54) is 0 Å². The number of likely N-dealkylation sites (N-methyl/N-ethyl adjacent to an activating group) is 1. The van der Waals surface area contributed by atoms with Gasteiger partial charge < -0.3 is 10.8 Å². The number of thiophene rings is 1. The molecule has 0 bridgehead atoms. The second-order valence-electron chi connectivity index (χ2n) is 3.29. The third-order valence-electron chi connectivity index (χ3n) is 2.21. The van der Waals surface area contributed by atoms with Gasteiger partial charge in [-0.05, 0) is 0 Å². The molecule has 0 aliphatic heterocycles. The Hall–Kier alpha value is -1.23. The summed E-state index contributed by atoms with van der Waals surface area (Å²) in [4.78, 5) is 9.88. The Morgan fingerprint density at radius 1 is 1.61 bits per heavy atom. The van der Waals surface area contributed by atoms with Gasteiger partial charge in [-0.2, -0.15) is 4.31 Å². The summed E-state index contributed by atoms with van der Waals surface area (Å²) in [6.07, 6.45) is 0. The highest BCUT2D eigenvalue weighted by molar-refractivity contribution is 7.91. The molecule has 0 unspecified atom stereocenters. The number of rotatable bonds is 6. The van der Waals surface area contributed by atoms with Crippen LogP contribution in [0.25, 0.3) is 0 Å². The van der Waals surface area contributed by atoms with Crippen LogP contribution in [0.4, 0.5) is 10.7 Å². The SMILES string of the molecule is CCN(CCO)S(=O)(=O)c1cc([N+](=O)[O-])c(N)s1. The zero-order valence-corrected chi connectivity index (χ0v) is 11.2. The number of nitrogen functional groups attached to an aromatic ring is 1. The van der Waals surface area contributed by atoms with Crippen molar-refractivity contribution in [2.75, 3.05) is 25.4 Å². The first kappa shape index (κ1) is 14.8. The number of nitro groups is 1. The molecule has 0 amide bonds. The monoisotopic (exact) mass is 295 g/mol. The molecule has 0 saturated carbocycles.